The molecule has 0 aliphatic carbocycles. The van der Waals surface area contributed by atoms with E-state index in [0.717, 1.165) is 14.9 Å². The fraction of sp³-hybridized carbons (Fsp3) is 0.0769. The van der Waals surface area contributed by atoms with Gasteiger partial charge in [0.2, 0.25) is 0 Å². The van der Waals surface area contributed by atoms with Crippen molar-refractivity contribution in [3.63, 3.8) is 0 Å². The molecular formula is C13H10INO4S. The maximum atomic E-state index is 11.7. The number of halogens is 1. The Kier molecular flexibility index (Phi) is 4.96. The van der Waals surface area contributed by atoms with E-state index in [-0.39, 0.29) is 17.4 Å². The van der Waals surface area contributed by atoms with Crippen molar-refractivity contribution in [3.8, 4) is 5.75 Å². The molecule has 0 spiro atoms. The van der Waals surface area contributed by atoms with Gasteiger partial charge in [-0.1, -0.05) is 6.07 Å². The zero-order valence-electron chi connectivity index (χ0n) is 10.1. The summed E-state index contributed by atoms with van der Waals surface area (Å²) in [6.07, 6.45) is 0. The molecule has 7 heteroatoms. The van der Waals surface area contributed by atoms with Gasteiger partial charge < -0.3 is 15.2 Å². The number of anilines is 1. The lowest BCUT2D eigenvalue weighted by molar-refractivity contribution is -0.118. The molecule has 1 aromatic carbocycles. The van der Waals surface area contributed by atoms with Crippen molar-refractivity contribution in [2.24, 2.45) is 0 Å². The third-order valence-corrected chi connectivity index (χ3v) is 3.83. The third kappa shape index (κ3) is 4.20. The molecule has 0 bridgehead atoms. The number of nitrogens with one attached hydrogen (secondary N) is 1. The van der Waals surface area contributed by atoms with Gasteiger partial charge in [0.05, 0.1) is 0 Å². The predicted molar refractivity (Wildman–Crippen MR) is 84.6 cm³/mol. The number of ether oxygens (including phenoxy) is 1. The van der Waals surface area contributed by atoms with Gasteiger partial charge in [0.15, 0.2) is 6.61 Å². The molecule has 0 saturated carbocycles. The quantitative estimate of drug-likeness (QED) is 0.753. The van der Waals surface area contributed by atoms with Gasteiger partial charge in [-0.3, -0.25) is 4.79 Å². The number of carbonyl (C=O) groups excluding carboxylic acids is 1. The van der Waals surface area contributed by atoms with Crippen LogP contribution in [0.4, 0.5) is 5.69 Å². The molecular weight excluding hydrogens is 393 g/mol. The summed E-state index contributed by atoms with van der Waals surface area (Å²) < 4.78 is 6.25. The smallest absolute Gasteiger partial charge is 0.346 e. The summed E-state index contributed by atoms with van der Waals surface area (Å²) in [5, 5.41) is 13.0. The molecule has 0 aliphatic heterocycles. The standard InChI is InChI=1S/C13H10INO4S/c14-8-2-1-3-9(4-8)15-12(16)6-19-10-5-11(13(17)18)20-7-10/h1-5,7H,6H2,(H,15,16)(H,17,18). The lowest BCUT2D eigenvalue weighted by Crippen LogP contribution is -2.20. The predicted octanol–water partition coefficient (Wildman–Crippen LogP) is 3.07. The molecule has 104 valence electrons. The minimum absolute atomic E-state index is 0.165. The van der Waals surface area contributed by atoms with Gasteiger partial charge in [-0.15, -0.1) is 11.3 Å². The number of carbonyl (C=O) groups is 2. The highest BCUT2D eigenvalue weighted by Crippen LogP contribution is 2.21. The fourth-order valence-electron chi connectivity index (χ4n) is 1.42. The van der Waals surface area contributed by atoms with Crippen molar-refractivity contribution in [3.05, 3.63) is 44.2 Å². The van der Waals surface area contributed by atoms with Crippen LogP contribution in [-0.2, 0) is 4.79 Å². The van der Waals surface area contributed by atoms with Crippen LogP contribution in [0.15, 0.2) is 35.7 Å². The summed E-state index contributed by atoms with van der Waals surface area (Å²) in [4.78, 5) is 22.6. The Morgan fingerprint density at radius 3 is 2.80 bits per heavy atom. The van der Waals surface area contributed by atoms with E-state index in [9.17, 15) is 9.59 Å². The number of thiophene rings is 1. The van der Waals surface area contributed by atoms with Gasteiger partial charge >= 0.3 is 5.97 Å². The fourth-order valence-corrected chi connectivity index (χ4v) is 2.63. The first-order valence-electron chi connectivity index (χ1n) is 5.54. The number of benzene rings is 1. The van der Waals surface area contributed by atoms with E-state index in [1.165, 1.54) is 6.07 Å². The second kappa shape index (κ2) is 6.71. The first-order valence-corrected chi connectivity index (χ1v) is 7.50. The van der Waals surface area contributed by atoms with Crippen LogP contribution in [0.5, 0.6) is 5.75 Å². The highest BCUT2D eigenvalue weighted by molar-refractivity contribution is 14.1. The van der Waals surface area contributed by atoms with Gasteiger partial charge in [-0.2, -0.15) is 0 Å². The molecule has 2 rings (SSSR count). The van der Waals surface area contributed by atoms with Crippen molar-refractivity contribution < 1.29 is 19.4 Å². The maximum Gasteiger partial charge on any atom is 0.346 e. The summed E-state index contributed by atoms with van der Waals surface area (Å²) >= 11 is 3.21. The maximum absolute atomic E-state index is 11.7. The number of aromatic carboxylic acids is 1. The molecule has 2 aromatic rings. The summed E-state index contributed by atoms with van der Waals surface area (Å²) in [5.41, 5.74) is 0.696. The minimum Gasteiger partial charge on any atom is -0.483 e. The minimum atomic E-state index is -1.01. The van der Waals surface area contributed by atoms with Crippen LogP contribution in [0.1, 0.15) is 9.67 Å². The van der Waals surface area contributed by atoms with E-state index in [1.54, 1.807) is 11.4 Å². The molecule has 0 radical (unpaired) electrons. The van der Waals surface area contributed by atoms with Crippen LogP contribution in [0.3, 0.4) is 0 Å². The van der Waals surface area contributed by atoms with Crippen LogP contribution >= 0.6 is 33.9 Å². The summed E-state index contributed by atoms with van der Waals surface area (Å²) in [6, 6.07) is 8.78. The number of carboxylic acid groups (broad SMARTS) is 1. The van der Waals surface area contributed by atoms with Gasteiger partial charge in [-0.05, 0) is 40.8 Å². The Morgan fingerprint density at radius 1 is 1.35 bits per heavy atom. The van der Waals surface area contributed by atoms with Gasteiger partial charge in [0, 0.05) is 20.7 Å². The van der Waals surface area contributed by atoms with Crippen LogP contribution in [-0.4, -0.2) is 23.6 Å². The second-order valence-electron chi connectivity index (χ2n) is 3.80. The average molecular weight is 403 g/mol. The number of rotatable bonds is 5. The van der Waals surface area contributed by atoms with Gasteiger partial charge in [0.25, 0.3) is 5.91 Å². The molecule has 0 atom stereocenters. The summed E-state index contributed by atoms with van der Waals surface area (Å²) in [7, 11) is 0. The Hall–Kier alpha value is -1.61. The van der Waals surface area contributed by atoms with Crippen molar-refractivity contribution in [1.82, 2.24) is 0 Å². The molecule has 0 fully saturated rings. The van der Waals surface area contributed by atoms with E-state index >= 15 is 0 Å². The number of carboxylic acids is 1. The van der Waals surface area contributed by atoms with Crippen molar-refractivity contribution in [2.75, 3.05) is 11.9 Å². The van der Waals surface area contributed by atoms with Crippen molar-refractivity contribution in [1.29, 1.82) is 0 Å². The molecule has 20 heavy (non-hydrogen) atoms. The Balaban J connectivity index is 1.87. The summed E-state index contributed by atoms with van der Waals surface area (Å²) in [6.45, 7) is -0.165. The first-order chi connectivity index (χ1) is 9.54. The molecule has 2 N–H and O–H groups in total. The van der Waals surface area contributed by atoms with E-state index in [0.29, 0.717) is 11.4 Å². The lowest BCUT2D eigenvalue weighted by Gasteiger charge is -2.06. The number of hydrogen-bond acceptors (Lipinski definition) is 4. The third-order valence-electron chi connectivity index (χ3n) is 2.26. The van der Waals surface area contributed by atoms with Crippen LogP contribution in [0.2, 0.25) is 0 Å². The van der Waals surface area contributed by atoms with Crippen molar-refractivity contribution in [2.45, 2.75) is 0 Å². The van der Waals surface area contributed by atoms with Gasteiger partial charge in [0.1, 0.15) is 10.6 Å². The highest BCUT2D eigenvalue weighted by Gasteiger charge is 2.09. The molecule has 0 saturated heterocycles. The molecule has 1 aromatic heterocycles. The van der Waals surface area contributed by atoms with E-state index in [2.05, 4.69) is 27.9 Å². The number of hydrogen-bond donors (Lipinski definition) is 2. The second-order valence-corrected chi connectivity index (χ2v) is 5.96. The lowest BCUT2D eigenvalue weighted by atomic mass is 10.3. The molecule has 5 nitrogen and oxygen atoms in total. The molecule has 0 unspecified atom stereocenters. The largest absolute Gasteiger partial charge is 0.483 e. The zero-order valence-corrected chi connectivity index (χ0v) is 13.1. The first kappa shape index (κ1) is 14.8. The van der Waals surface area contributed by atoms with Crippen molar-refractivity contribution >= 4 is 51.5 Å². The normalized spacial score (nSPS) is 10.1. The summed E-state index contributed by atoms with van der Waals surface area (Å²) in [5.74, 6) is -0.923. The van der Waals surface area contributed by atoms with E-state index in [4.69, 9.17) is 9.84 Å². The Morgan fingerprint density at radius 2 is 2.15 bits per heavy atom. The topological polar surface area (TPSA) is 75.6 Å². The van der Waals surface area contributed by atoms with E-state index in [1.807, 2.05) is 18.2 Å². The zero-order chi connectivity index (χ0) is 14.5. The van der Waals surface area contributed by atoms with Gasteiger partial charge in [-0.25, -0.2) is 4.79 Å². The molecule has 1 amide bonds. The average Bonchev–Trinajstić information content (AvgIpc) is 2.85. The van der Waals surface area contributed by atoms with Crippen LogP contribution in [0.25, 0.3) is 0 Å². The number of amides is 1. The van der Waals surface area contributed by atoms with Crippen LogP contribution < -0.4 is 10.1 Å². The molecule has 1 heterocycles. The Labute approximate surface area is 132 Å². The Bertz CT molecular complexity index is 641. The highest BCUT2D eigenvalue weighted by atomic mass is 127. The van der Waals surface area contributed by atoms with Crippen LogP contribution in [0, 0.1) is 3.57 Å². The van der Waals surface area contributed by atoms with E-state index < -0.39 is 5.97 Å². The SMILES string of the molecule is O=C(COc1csc(C(=O)O)c1)Nc1cccc(I)c1. The molecule has 0 aliphatic rings. The monoisotopic (exact) mass is 403 g/mol.